The second-order valence-electron chi connectivity index (χ2n) is 6.97. The Bertz CT molecular complexity index is 533. The highest BCUT2D eigenvalue weighted by molar-refractivity contribution is 6.30. The largest absolute Gasteiger partial charge is 0.383 e. The van der Waals surface area contributed by atoms with Gasteiger partial charge >= 0.3 is 0 Å². The molecule has 0 aromatic carbocycles. The molecule has 2 bridgehead atoms. The van der Waals surface area contributed by atoms with Crippen LogP contribution in [0.4, 0.5) is 0 Å². The average molecular weight is 341 g/mol. The van der Waals surface area contributed by atoms with E-state index >= 15 is 0 Å². The number of hydrogen-bond acceptors (Lipinski definition) is 4. The summed E-state index contributed by atoms with van der Waals surface area (Å²) in [6.07, 6.45) is 3.61. The summed E-state index contributed by atoms with van der Waals surface area (Å²) in [4.78, 5) is 5.22. The maximum atomic E-state index is 6.49. The Morgan fingerprint density at radius 1 is 1.26 bits per heavy atom. The molecular formula is C17H29ClN4O. The van der Waals surface area contributed by atoms with E-state index in [1.807, 2.05) is 11.7 Å². The number of hydrogen-bond donors (Lipinski definition) is 0. The number of aromatic nitrogens is 2. The van der Waals surface area contributed by atoms with Crippen molar-refractivity contribution >= 4 is 11.6 Å². The van der Waals surface area contributed by atoms with Gasteiger partial charge < -0.3 is 4.74 Å². The van der Waals surface area contributed by atoms with Crippen molar-refractivity contribution in [1.82, 2.24) is 19.6 Å². The smallest absolute Gasteiger partial charge is 0.131 e. The van der Waals surface area contributed by atoms with E-state index in [0.717, 1.165) is 49.4 Å². The fourth-order valence-corrected chi connectivity index (χ4v) is 4.36. The van der Waals surface area contributed by atoms with E-state index in [-0.39, 0.29) is 0 Å². The molecule has 3 fully saturated rings. The molecule has 2 atom stereocenters. The molecule has 6 heteroatoms. The lowest BCUT2D eigenvalue weighted by atomic mass is 9.95. The molecule has 3 aliphatic heterocycles. The molecular weight excluding hydrogens is 312 g/mol. The summed E-state index contributed by atoms with van der Waals surface area (Å²) in [7, 11) is 3.72. The molecule has 1 aromatic heterocycles. The molecule has 0 amide bonds. The van der Waals surface area contributed by atoms with E-state index in [4.69, 9.17) is 16.3 Å². The van der Waals surface area contributed by atoms with E-state index in [2.05, 4.69) is 21.8 Å². The van der Waals surface area contributed by atoms with Gasteiger partial charge in [0.1, 0.15) is 5.15 Å². The molecule has 0 radical (unpaired) electrons. The lowest BCUT2D eigenvalue weighted by Crippen LogP contribution is -2.45. The van der Waals surface area contributed by atoms with Crippen LogP contribution in [-0.2, 0) is 24.8 Å². The standard InChI is InChI=1S/C17H29ClN4O/c1-4-16-15(17(18)20(2)19-16)12-21-9-13-5-6-14(11-21)22(10-13)7-8-23-3/h13-14H,4-12H2,1-3H3/t13-,14+/m0/s1. The monoisotopic (exact) mass is 340 g/mol. The molecule has 130 valence electrons. The minimum atomic E-state index is 0.657. The van der Waals surface area contributed by atoms with Crippen molar-refractivity contribution in [2.45, 2.75) is 38.8 Å². The van der Waals surface area contributed by atoms with Crippen molar-refractivity contribution in [3.8, 4) is 0 Å². The minimum Gasteiger partial charge on any atom is -0.383 e. The van der Waals surface area contributed by atoms with Crippen LogP contribution in [0.3, 0.4) is 0 Å². The van der Waals surface area contributed by atoms with Crippen molar-refractivity contribution in [3.05, 3.63) is 16.4 Å². The minimum absolute atomic E-state index is 0.657. The van der Waals surface area contributed by atoms with Gasteiger partial charge in [-0.05, 0) is 25.2 Å². The fraction of sp³-hybridized carbons (Fsp3) is 0.824. The van der Waals surface area contributed by atoms with E-state index in [9.17, 15) is 0 Å². The van der Waals surface area contributed by atoms with Gasteiger partial charge in [0.25, 0.3) is 0 Å². The molecule has 4 rings (SSSR count). The SMILES string of the molecule is CCc1nn(C)c(Cl)c1CN1C[C@@H]2CC[C@H](C1)N(CCOC)C2. The first kappa shape index (κ1) is 17.2. The highest BCUT2D eigenvalue weighted by atomic mass is 35.5. The van der Waals surface area contributed by atoms with Crippen LogP contribution in [0.1, 0.15) is 31.0 Å². The number of nitrogens with zero attached hydrogens (tertiary/aromatic N) is 4. The number of rotatable bonds is 6. The summed E-state index contributed by atoms with van der Waals surface area (Å²) in [6, 6.07) is 0.657. The third-order valence-corrected chi connectivity index (χ3v) is 5.83. The van der Waals surface area contributed by atoms with Crippen LogP contribution < -0.4 is 0 Å². The summed E-state index contributed by atoms with van der Waals surface area (Å²) in [5.74, 6) is 0.770. The second kappa shape index (κ2) is 7.51. The first-order chi connectivity index (χ1) is 11.1. The topological polar surface area (TPSA) is 33.5 Å². The highest BCUT2D eigenvalue weighted by Crippen LogP contribution is 2.30. The Morgan fingerprint density at radius 2 is 2.09 bits per heavy atom. The van der Waals surface area contributed by atoms with E-state index in [1.54, 1.807) is 7.11 Å². The highest BCUT2D eigenvalue weighted by Gasteiger charge is 2.35. The lowest BCUT2D eigenvalue weighted by Gasteiger charge is -2.35. The summed E-state index contributed by atoms with van der Waals surface area (Å²) in [6.45, 7) is 8.49. The maximum Gasteiger partial charge on any atom is 0.131 e. The number of piperidine rings is 1. The number of fused-ring (bicyclic) bond motifs is 4. The van der Waals surface area contributed by atoms with Crippen LogP contribution in [0.15, 0.2) is 0 Å². The van der Waals surface area contributed by atoms with Gasteiger partial charge in [0.2, 0.25) is 0 Å². The normalized spacial score (nSPS) is 25.9. The van der Waals surface area contributed by atoms with Crippen LogP contribution in [0.25, 0.3) is 0 Å². The molecule has 1 aromatic rings. The second-order valence-corrected chi connectivity index (χ2v) is 7.33. The molecule has 3 aliphatic rings. The van der Waals surface area contributed by atoms with Crippen molar-refractivity contribution in [1.29, 1.82) is 0 Å². The predicted octanol–water partition coefficient (Wildman–Crippen LogP) is 2.18. The Balaban J connectivity index is 1.71. The maximum absolute atomic E-state index is 6.49. The van der Waals surface area contributed by atoms with Gasteiger partial charge in [-0.2, -0.15) is 5.10 Å². The van der Waals surface area contributed by atoms with Gasteiger partial charge in [-0.1, -0.05) is 18.5 Å². The third-order valence-electron chi connectivity index (χ3n) is 5.35. The van der Waals surface area contributed by atoms with Crippen molar-refractivity contribution in [2.24, 2.45) is 13.0 Å². The lowest BCUT2D eigenvalue weighted by molar-refractivity contribution is 0.0867. The van der Waals surface area contributed by atoms with Crippen LogP contribution in [0.5, 0.6) is 0 Å². The fourth-order valence-electron chi connectivity index (χ4n) is 4.15. The summed E-state index contributed by atoms with van der Waals surface area (Å²) in [5.41, 5.74) is 2.37. The number of halogens is 1. The zero-order chi connectivity index (χ0) is 16.4. The molecule has 0 saturated carbocycles. The number of methoxy groups -OCH3 is 1. The molecule has 4 heterocycles. The summed E-state index contributed by atoms with van der Waals surface area (Å²) in [5, 5.41) is 5.36. The Morgan fingerprint density at radius 3 is 2.83 bits per heavy atom. The van der Waals surface area contributed by atoms with Crippen molar-refractivity contribution < 1.29 is 4.74 Å². The molecule has 5 nitrogen and oxygen atoms in total. The molecule has 0 unspecified atom stereocenters. The van der Waals surface area contributed by atoms with Crippen LogP contribution in [0.2, 0.25) is 5.15 Å². The van der Waals surface area contributed by atoms with Crippen LogP contribution >= 0.6 is 11.6 Å². The van der Waals surface area contributed by atoms with Gasteiger partial charge in [0, 0.05) is 58.5 Å². The summed E-state index contributed by atoms with van der Waals surface area (Å²) < 4.78 is 7.09. The van der Waals surface area contributed by atoms with E-state index in [0.29, 0.717) is 6.04 Å². The summed E-state index contributed by atoms with van der Waals surface area (Å²) >= 11 is 6.49. The molecule has 0 aliphatic carbocycles. The molecule has 23 heavy (non-hydrogen) atoms. The van der Waals surface area contributed by atoms with E-state index in [1.165, 1.54) is 31.5 Å². The van der Waals surface area contributed by atoms with Gasteiger partial charge in [0.15, 0.2) is 0 Å². The van der Waals surface area contributed by atoms with Gasteiger partial charge in [0.05, 0.1) is 12.3 Å². The molecule has 0 spiro atoms. The zero-order valence-corrected chi connectivity index (χ0v) is 15.3. The Labute approximate surface area is 144 Å². The van der Waals surface area contributed by atoms with Crippen LogP contribution in [0, 0.1) is 5.92 Å². The quantitative estimate of drug-likeness (QED) is 0.794. The van der Waals surface area contributed by atoms with E-state index < -0.39 is 0 Å². The van der Waals surface area contributed by atoms with Crippen molar-refractivity contribution in [2.75, 3.05) is 39.9 Å². The van der Waals surface area contributed by atoms with Crippen LogP contribution in [-0.4, -0.2) is 65.5 Å². The van der Waals surface area contributed by atoms with Gasteiger partial charge in [-0.15, -0.1) is 0 Å². The predicted molar refractivity (Wildman–Crippen MR) is 92.8 cm³/mol. The average Bonchev–Trinajstić information content (AvgIpc) is 2.73. The van der Waals surface area contributed by atoms with Crippen molar-refractivity contribution in [3.63, 3.8) is 0 Å². The van der Waals surface area contributed by atoms with Gasteiger partial charge in [-0.25, -0.2) is 0 Å². The first-order valence-electron chi connectivity index (χ1n) is 8.78. The third kappa shape index (κ3) is 3.73. The first-order valence-corrected chi connectivity index (χ1v) is 9.15. The number of ether oxygens (including phenoxy) is 1. The number of aryl methyl sites for hydroxylation is 2. The Kier molecular flexibility index (Phi) is 5.62. The zero-order valence-electron chi connectivity index (χ0n) is 14.6. The Hall–Kier alpha value is -0.620. The van der Waals surface area contributed by atoms with Gasteiger partial charge in [-0.3, -0.25) is 14.5 Å². The molecule has 0 N–H and O–H groups in total. The molecule has 3 saturated heterocycles.